The number of carboxylic acids is 1. The Hall–Kier alpha value is -2.82. The summed E-state index contributed by atoms with van der Waals surface area (Å²) >= 11 is 0. The van der Waals surface area contributed by atoms with E-state index >= 15 is 0 Å². The summed E-state index contributed by atoms with van der Waals surface area (Å²) < 4.78 is 0. The molecular formula is C15H12N2O3. The number of aliphatic carboxylic acids is 1. The van der Waals surface area contributed by atoms with E-state index in [0.29, 0.717) is 11.3 Å². The van der Waals surface area contributed by atoms with Gasteiger partial charge in [0.05, 0.1) is 5.69 Å². The Balaban J connectivity index is 2.22. The lowest BCUT2D eigenvalue weighted by atomic mass is 10.1. The molecule has 0 fully saturated rings. The average Bonchev–Trinajstić information content (AvgIpc) is 2.49. The van der Waals surface area contributed by atoms with Crippen molar-refractivity contribution in [2.45, 2.75) is 6.04 Å². The fraction of sp³-hybridized carbons (Fsp3) is 0.0667. The third-order valence-corrected chi connectivity index (χ3v) is 2.59. The topological polar surface area (TPSA) is 79.1 Å². The normalized spacial score (nSPS) is 12.2. The third kappa shape index (κ3) is 3.35. The van der Waals surface area contributed by atoms with Crippen molar-refractivity contribution in [2.24, 2.45) is 10.2 Å². The molecule has 2 aromatic rings. The van der Waals surface area contributed by atoms with Crippen LogP contribution in [0.3, 0.4) is 0 Å². The zero-order valence-electron chi connectivity index (χ0n) is 10.5. The molecule has 5 heteroatoms. The van der Waals surface area contributed by atoms with Crippen molar-refractivity contribution >= 4 is 17.4 Å². The number of rotatable bonds is 5. The highest BCUT2D eigenvalue weighted by Gasteiger charge is 2.27. The van der Waals surface area contributed by atoms with E-state index < -0.39 is 17.8 Å². The molecule has 20 heavy (non-hydrogen) atoms. The van der Waals surface area contributed by atoms with Crippen molar-refractivity contribution in [3.05, 3.63) is 66.2 Å². The Morgan fingerprint density at radius 1 is 0.900 bits per heavy atom. The van der Waals surface area contributed by atoms with Gasteiger partial charge in [0.25, 0.3) is 0 Å². The molecule has 0 heterocycles. The van der Waals surface area contributed by atoms with Crippen LogP contribution >= 0.6 is 0 Å². The smallest absolute Gasteiger partial charge is 0.338 e. The predicted molar refractivity (Wildman–Crippen MR) is 73.2 cm³/mol. The van der Waals surface area contributed by atoms with Gasteiger partial charge in [-0.15, -0.1) is 0 Å². The highest BCUT2D eigenvalue weighted by atomic mass is 16.4. The summed E-state index contributed by atoms with van der Waals surface area (Å²) in [6.07, 6.45) is 0. The molecule has 1 unspecified atom stereocenters. The van der Waals surface area contributed by atoms with E-state index in [9.17, 15) is 9.59 Å². The van der Waals surface area contributed by atoms with Crippen LogP contribution in [-0.2, 0) is 4.79 Å². The minimum absolute atomic E-state index is 0.298. The fourth-order valence-electron chi connectivity index (χ4n) is 1.59. The SMILES string of the molecule is O=C(O)C(N=Nc1ccccc1)C(=O)c1ccccc1. The van der Waals surface area contributed by atoms with E-state index in [-0.39, 0.29) is 0 Å². The van der Waals surface area contributed by atoms with Crippen LogP contribution in [0, 0.1) is 0 Å². The highest BCUT2D eigenvalue weighted by molar-refractivity contribution is 6.11. The number of Topliss-reactive ketones (excluding diaryl/α,β-unsaturated/α-hetero) is 1. The third-order valence-electron chi connectivity index (χ3n) is 2.59. The van der Waals surface area contributed by atoms with Gasteiger partial charge in [0.1, 0.15) is 0 Å². The van der Waals surface area contributed by atoms with Crippen LogP contribution in [-0.4, -0.2) is 22.9 Å². The summed E-state index contributed by atoms with van der Waals surface area (Å²) in [5.41, 5.74) is 0.798. The van der Waals surface area contributed by atoms with Gasteiger partial charge in [-0.05, 0) is 12.1 Å². The quantitative estimate of drug-likeness (QED) is 0.514. The van der Waals surface area contributed by atoms with E-state index in [4.69, 9.17) is 5.11 Å². The second-order valence-corrected chi connectivity index (χ2v) is 4.02. The van der Waals surface area contributed by atoms with Gasteiger partial charge in [0.15, 0.2) is 0 Å². The van der Waals surface area contributed by atoms with Gasteiger partial charge in [-0.25, -0.2) is 4.79 Å². The first-order chi connectivity index (χ1) is 9.68. The van der Waals surface area contributed by atoms with Crippen LogP contribution < -0.4 is 0 Å². The molecule has 0 aliphatic carbocycles. The molecule has 2 rings (SSSR count). The van der Waals surface area contributed by atoms with E-state index in [1.165, 1.54) is 0 Å². The number of carbonyl (C=O) groups excluding carboxylic acids is 1. The molecule has 0 amide bonds. The maximum absolute atomic E-state index is 12.1. The molecule has 0 aromatic heterocycles. The van der Waals surface area contributed by atoms with Crippen LogP contribution in [0.1, 0.15) is 10.4 Å². The number of azo groups is 1. The molecule has 0 saturated carbocycles. The predicted octanol–water partition coefficient (Wildman–Crippen LogP) is 3.11. The molecule has 2 aromatic carbocycles. The number of nitrogens with zero attached hydrogens (tertiary/aromatic N) is 2. The largest absolute Gasteiger partial charge is 0.479 e. The highest BCUT2D eigenvalue weighted by Crippen LogP contribution is 2.13. The van der Waals surface area contributed by atoms with Crippen molar-refractivity contribution in [1.29, 1.82) is 0 Å². The van der Waals surface area contributed by atoms with Gasteiger partial charge < -0.3 is 5.11 Å². The Morgan fingerprint density at radius 3 is 2.00 bits per heavy atom. The monoisotopic (exact) mass is 268 g/mol. The van der Waals surface area contributed by atoms with Crippen molar-refractivity contribution in [2.75, 3.05) is 0 Å². The molecule has 1 atom stereocenters. The zero-order chi connectivity index (χ0) is 14.4. The van der Waals surface area contributed by atoms with Crippen LogP contribution in [0.4, 0.5) is 5.69 Å². The Labute approximate surface area is 115 Å². The molecule has 0 radical (unpaired) electrons. The van der Waals surface area contributed by atoms with Crippen molar-refractivity contribution < 1.29 is 14.7 Å². The number of hydrogen-bond acceptors (Lipinski definition) is 4. The van der Waals surface area contributed by atoms with Gasteiger partial charge in [0, 0.05) is 5.56 Å². The summed E-state index contributed by atoms with van der Waals surface area (Å²) in [6, 6.07) is 15.3. The van der Waals surface area contributed by atoms with Crippen molar-refractivity contribution in [3.63, 3.8) is 0 Å². The Morgan fingerprint density at radius 2 is 1.45 bits per heavy atom. The van der Waals surface area contributed by atoms with Crippen LogP contribution in [0.15, 0.2) is 70.9 Å². The summed E-state index contributed by atoms with van der Waals surface area (Å²) in [5, 5.41) is 16.6. The maximum Gasteiger partial charge on any atom is 0.338 e. The number of ketones is 1. The van der Waals surface area contributed by atoms with Crippen LogP contribution in [0.25, 0.3) is 0 Å². The first-order valence-corrected chi connectivity index (χ1v) is 5.96. The Kier molecular flexibility index (Phi) is 4.34. The van der Waals surface area contributed by atoms with E-state index in [1.54, 1.807) is 54.6 Å². The van der Waals surface area contributed by atoms with E-state index in [2.05, 4.69) is 10.2 Å². The van der Waals surface area contributed by atoms with Crippen LogP contribution in [0.5, 0.6) is 0 Å². The molecule has 1 N–H and O–H groups in total. The Bertz CT molecular complexity index is 624. The standard InChI is InChI=1S/C15H12N2O3/c18-14(11-7-3-1-4-8-11)13(15(19)20)17-16-12-9-5-2-6-10-12/h1-10,13H,(H,19,20). The maximum atomic E-state index is 12.1. The van der Waals surface area contributed by atoms with Crippen LogP contribution in [0.2, 0.25) is 0 Å². The number of benzene rings is 2. The molecular weight excluding hydrogens is 256 g/mol. The second kappa shape index (κ2) is 6.38. The first kappa shape index (κ1) is 13.6. The van der Waals surface area contributed by atoms with Gasteiger partial charge in [-0.2, -0.15) is 10.2 Å². The molecule has 0 spiro atoms. The number of carboxylic acid groups (broad SMARTS) is 1. The zero-order valence-corrected chi connectivity index (χ0v) is 10.5. The molecule has 0 aliphatic heterocycles. The molecule has 5 nitrogen and oxygen atoms in total. The van der Waals surface area contributed by atoms with Gasteiger partial charge in [0.2, 0.25) is 11.8 Å². The first-order valence-electron chi connectivity index (χ1n) is 5.96. The molecule has 0 bridgehead atoms. The van der Waals surface area contributed by atoms with Gasteiger partial charge >= 0.3 is 5.97 Å². The average molecular weight is 268 g/mol. The van der Waals surface area contributed by atoms with Gasteiger partial charge in [-0.3, -0.25) is 4.79 Å². The summed E-state index contributed by atoms with van der Waals surface area (Å²) in [4.78, 5) is 23.2. The summed E-state index contributed by atoms with van der Waals surface area (Å²) in [5.74, 6) is -1.91. The molecule has 100 valence electrons. The number of hydrogen-bond donors (Lipinski definition) is 1. The lowest BCUT2D eigenvalue weighted by Crippen LogP contribution is -2.27. The minimum atomic E-state index is -1.53. The van der Waals surface area contributed by atoms with Crippen molar-refractivity contribution in [3.8, 4) is 0 Å². The lowest BCUT2D eigenvalue weighted by Gasteiger charge is -2.05. The number of carbonyl (C=O) groups is 2. The summed E-state index contributed by atoms with van der Waals surface area (Å²) in [7, 11) is 0. The van der Waals surface area contributed by atoms with E-state index in [0.717, 1.165) is 0 Å². The molecule has 0 saturated heterocycles. The van der Waals surface area contributed by atoms with E-state index in [1.807, 2.05) is 6.07 Å². The molecule has 0 aliphatic rings. The summed E-state index contributed by atoms with van der Waals surface area (Å²) in [6.45, 7) is 0. The fourth-order valence-corrected chi connectivity index (χ4v) is 1.59. The minimum Gasteiger partial charge on any atom is -0.479 e. The van der Waals surface area contributed by atoms with Crippen molar-refractivity contribution in [1.82, 2.24) is 0 Å². The van der Waals surface area contributed by atoms with Gasteiger partial charge in [-0.1, -0.05) is 48.5 Å². The second-order valence-electron chi connectivity index (χ2n) is 4.02. The lowest BCUT2D eigenvalue weighted by molar-refractivity contribution is -0.137.